The Morgan fingerprint density at radius 2 is 1.76 bits per heavy atom. The maximum absolute atomic E-state index is 10.6. The minimum Gasteiger partial charge on any atom is -0.264 e. The lowest BCUT2D eigenvalue weighted by atomic mass is 10.0. The molecule has 0 fully saturated rings. The SMILES string of the molecule is CC(OS(=O)(=O)O)c1ccc2ccccc2c1. The zero-order chi connectivity index (χ0) is 12.5. The maximum atomic E-state index is 10.6. The van der Waals surface area contributed by atoms with Crippen molar-refractivity contribution in [3.05, 3.63) is 48.0 Å². The highest BCUT2D eigenvalue weighted by atomic mass is 32.3. The molecule has 90 valence electrons. The zero-order valence-corrected chi connectivity index (χ0v) is 10.0. The minimum atomic E-state index is -4.42. The Morgan fingerprint density at radius 3 is 2.41 bits per heavy atom. The molecular weight excluding hydrogens is 240 g/mol. The molecule has 0 aromatic heterocycles. The molecule has 0 radical (unpaired) electrons. The van der Waals surface area contributed by atoms with E-state index in [4.69, 9.17) is 4.55 Å². The van der Waals surface area contributed by atoms with E-state index in [9.17, 15) is 8.42 Å². The van der Waals surface area contributed by atoms with Gasteiger partial charge >= 0.3 is 10.4 Å². The number of rotatable bonds is 3. The van der Waals surface area contributed by atoms with Gasteiger partial charge in [-0.25, -0.2) is 4.18 Å². The second-order valence-corrected chi connectivity index (χ2v) is 4.82. The van der Waals surface area contributed by atoms with Crippen molar-refractivity contribution in [1.82, 2.24) is 0 Å². The Morgan fingerprint density at radius 1 is 1.12 bits per heavy atom. The highest BCUT2D eigenvalue weighted by molar-refractivity contribution is 7.80. The van der Waals surface area contributed by atoms with Crippen molar-refractivity contribution in [3.63, 3.8) is 0 Å². The molecule has 0 heterocycles. The van der Waals surface area contributed by atoms with E-state index in [0.717, 1.165) is 10.8 Å². The van der Waals surface area contributed by atoms with Gasteiger partial charge in [-0.1, -0.05) is 36.4 Å². The lowest BCUT2D eigenvalue weighted by Gasteiger charge is -2.11. The fourth-order valence-electron chi connectivity index (χ4n) is 1.70. The second-order valence-electron chi connectivity index (χ2n) is 3.77. The van der Waals surface area contributed by atoms with E-state index in [-0.39, 0.29) is 0 Å². The van der Waals surface area contributed by atoms with Crippen molar-refractivity contribution >= 4 is 21.2 Å². The van der Waals surface area contributed by atoms with E-state index in [2.05, 4.69) is 4.18 Å². The molecule has 0 saturated carbocycles. The monoisotopic (exact) mass is 252 g/mol. The van der Waals surface area contributed by atoms with Crippen molar-refractivity contribution in [2.45, 2.75) is 13.0 Å². The summed E-state index contributed by atoms with van der Waals surface area (Å²) in [5.41, 5.74) is 0.696. The molecule has 0 saturated heterocycles. The summed E-state index contributed by atoms with van der Waals surface area (Å²) in [6, 6.07) is 13.2. The van der Waals surface area contributed by atoms with E-state index < -0.39 is 16.5 Å². The van der Waals surface area contributed by atoms with Crippen LogP contribution in [0.15, 0.2) is 42.5 Å². The van der Waals surface area contributed by atoms with Gasteiger partial charge in [-0.3, -0.25) is 4.55 Å². The fourth-order valence-corrected chi connectivity index (χ4v) is 2.17. The first-order valence-corrected chi connectivity index (χ1v) is 6.46. The van der Waals surface area contributed by atoms with Crippen LogP contribution in [0.5, 0.6) is 0 Å². The van der Waals surface area contributed by atoms with Crippen LogP contribution >= 0.6 is 0 Å². The molecule has 0 aliphatic heterocycles. The highest BCUT2D eigenvalue weighted by Crippen LogP contribution is 2.23. The predicted molar refractivity (Wildman–Crippen MR) is 65.0 cm³/mol. The lowest BCUT2D eigenvalue weighted by molar-refractivity contribution is 0.201. The van der Waals surface area contributed by atoms with Gasteiger partial charge in [-0.05, 0) is 29.3 Å². The van der Waals surface area contributed by atoms with Gasteiger partial charge in [0.25, 0.3) is 0 Å². The summed E-state index contributed by atoms with van der Waals surface area (Å²) in [5, 5.41) is 2.06. The van der Waals surface area contributed by atoms with E-state index in [0.29, 0.717) is 5.56 Å². The van der Waals surface area contributed by atoms with Crippen LogP contribution in [0, 0.1) is 0 Å². The average molecular weight is 252 g/mol. The summed E-state index contributed by atoms with van der Waals surface area (Å²) in [6.45, 7) is 1.57. The normalized spacial score (nSPS) is 13.8. The first-order chi connectivity index (χ1) is 7.96. The third kappa shape index (κ3) is 3.03. The average Bonchev–Trinajstić information content (AvgIpc) is 2.26. The van der Waals surface area contributed by atoms with Crippen molar-refractivity contribution < 1.29 is 17.2 Å². The lowest BCUT2D eigenvalue weighted by Crippen LogP contribution is -2.07. The quantitative estimate of drug-likeness (QED) is 0.853. The van der Waals surface area contributed by atoms with Gasteiger partial charge in [-0.15, -0.1) is 0 Å². The van der Waals surface area contributed by atoms with Crippen LogP contribution in [0.4, 0.5) is 0 Å². The third-order valence-corrected chi connectivity index (χ3v) is 3.04. The molecule has 0 aliphatic rings. The Hall–Kier alpha value is -1.43. The van der Waals surface area contributed by atoms with Gasteiger partial charge < -0.3 is 0 Å². The highest BCUT2D eigenvalue weighted by Gasteiger charge is 2.14. The minimum absolute atomic E-state index is 0.696. The molecule has 0 amide bonds. The van der Waals surface area contributed by atoms with Crippen molar-refractivity contribution in [1.29, 1.82) is 0 Å². The Kier molecular flexibility index (Phi) is 3.15. The van der Waals surface area contributed by atoms with Gasteiger partial charge in [0.2, 0.25) is 0 Å². The second kappa shape index (κ2) is 4.44. The van der Waals surface area contributed by atoms with Gasteiger partial charge in [0.15, 0.2) is 0 Å². The summed E-state index contributed by atoms with van der Waals surface area (Å²) in [7, 11) is -4.42. The van der Waals surface area contributed by atoms with Crippen molar-refractivity contribution in [3.8, 4) is 0 Å². The van der Waals surface area contributed by atoms with Crippen LogP contribution < -0.4 is 0 Å². The molecule has 1 N–H and O–H groups in total. The van der Waals surface area contributed by atoms with Crippen LogP contribution in [0.3, 0.4) is 0 Å². The van der Waals surface area contributed by atoms with Gasteiger partial charge in [0.1, 0.15) is 6.10 Å². The Bertz CT molecular complexity index is 634. The van der Waals surface area contributed by atoms with Gasteiger partial charge in [0, 0.05) is 0 Å². The molecule has 5 heteroatoms. The number of benzene rings is 2. The zero-order valence-electron chi connectivity index (χ0n) is 9.20. The Labute approximate surface area is 99.8 Å². The van der Waals surface area contributed by atoms with Crippen LogP contribution in [-0.4, -0.2) is 13.0 Å². The standard InChI is InChI=1S/C12H12O4S/c1-9(16-17(13,14)15)11-7-6-10-4-2-3-5-12(10)8-11/h2-9H,1H3,(H,13,14,15). The fraction of sp³-hybridized carbons (Fsp3) is 0.167. The van der Waals surface area contributed by atoms with Crippen LogP contribution in [0.1, 0.15) is 18.6 Å². The number of fused-ring (bicyclic) bond motifs is 1. The summed E-state index contributed by atoms with van der Waals surface area (Å²) in [6.07, 6.45) is -0.713. The molecule has 17 heavy (non-hydrogen) atoms. The van der Waals surface area contributed by atoms with Crippen molar-refractivity contribution in [2.24, 2.45) is 0 Å². The molecule has 2 rings (SSSR count). The molecule has 0 aliphatic carbocycles. The largest absolute Gasteiger partial charge is 0.397 e. The van der Waals surface area contributed by atoms with Crippen LogP contribution in [-0.2, 0) is 14.6 Å². The summed E-state index contributed by atoms with van der Waals surface area (Å²) >= 11 is 0. The molecule has 1 atom stereocenters. The summed E-state index contributed by atoms with van der Waals surface area (Å²) in [5.74, 6) is 0. The van der Waals surface area contributed by atoms with E-state index in [1.54, 1.807) is 13.0 Å². The van der Waals surface area contributed by atoms with Gasteiger partial charge in [0.05, 0.1) is 0 Å². The Balaban J connectivity index is 2.36. The molecule has 1 unspecified atom stereocenters. The molecule has 2 aromatic carbocycles. The van der Waals surface area contributed by atoms with Crippen LogP contribution in [0.2, 0.25) is 0 Å². The third-order valence-electron chi connectivity index (χ3n) is 2.51. The number of hydrogen-bond acceptors (Lipinski definition) is 3. The van der Waals surface area contributed by atoms with Crippen LogP contribution in [0.25, 0.3) is 10.8 Å². The summed E-state index contributed by atoms with van der Waals surface area (Å²) < 4.78 is 34.3. The molecule has 4 nitrogen and oxygen atoms in total. The van der Waals surface area contributed by atoms with E-state index in [1.807, 2.05) is 36.4 Å². The molecule has 0 spiro atoms. The first kappa shape index (κ1) is 12.0. The maximum Gasteiger partial charge on any atom is 0.397 e. The van der Waals surface area contributed by atoms with Crippen molar-refractivity contribution in [2.75, 3.05) is 0 Å². The smallest absolute Gasteiger partial charge is 0.264 e. The van der Waals surface area contributed by atoms with E-state index in [1.165, 1.54) is 0 Å². The first-order valence-electron chi connectivity index (χ1n) is 5.10. The van der Waals surface area contributed by atoms with E-state index >= 15 is 0 Å². The summed E-state index contributed by atoms with van der Waals surface area (Å²) in [4.78, 5) is 0. The molecule has 0 bridgehead atoms. The molecular formula is C12H12O4S. The van der Waals surface area contributed by atoms with Gasteiger partial charge in [-0.2, -0.15) is 8.42 Å². The number of hydrogen-bond donors (Lipinski definition) is 1. The predicted octanol–water partition coefficient (Wildman–Crippen LogP) is 2.72. The molecule has 2 aromatic rings. The topological polar surface area (TPSA) is 63.6 Å².